The first kappa shape index (κ1) is 9.99. The molecule has 0 aliphatic carbocycles. The number of aliphatic hydroxyl groups is 1. The number of hydrogen-bond acceptors (Lipinski definition) is 2. The van der Waals surface area contributed by atoms with Crippen molar-refractivity contribution in [1.29, 1.82) is 0 Å². The Morgan fingerprint density at radius 3 is 2.77 bits per heavy atom. The van der Waals surface area contributed by atoms with Crippen LogP contribution in [0.15, 0.2) is 18.2 Å². The quantitative estimate of drug-likeness (QED) is 0.780. The minimum Gasteiger partial charge on any atom is -0.494 e. The van der Waals surface area contributed by atoms with E-state index in [2.05, 4.69) is 0 Å². The number of rotatable bonds is 3. The zero-order valence-corrected chi connectivity index (χ0v) is 7.75. The van der Waals surface area contributed by atoms with Gasteiger partial charge in [-0.2, -0.15) is 0 Å². The maximum atomic E-state index is 13.4. The molecule has 0 saturated heterocycles. The normalized spacial score (nSPS) is 12.6. The number of halogens is 1. The van der Waals surface area contributed by atoms with Gasteiger partial charge >= 0.3 is 0 Å². The summed E-state index contributed by atoms with van der Waals surface area (Å²) in [5.41, 5.74) is 0.293. The maximum Gasteiger partial charge on any atom is 0.170 e. The van der Waals surface area contributed by atoms with Crippen LogP contribution in [-0.2, 0) is 0 Å². The van der Waals surface area contributed by atoms with Crippen LogP contribution in [-0.4, -0.2) is 12.2 Å². The van der Waals surface area contributed by atoms with E-state index in [4.69, 9.17) is 4.74 Å². The lowest BCUT2D eigenvalue weighted by Crippen LogP contribution is -2.00. The summed E-state index contributed by atoms with van der Waals surface area (Å²) in [6.45, 7) is 1.80. The lowest BCUT2D eigenvalue weighted by Gasteiger charge is -2.11. The fourth-order valence-electron chi connectivity index (χ4n) is 1.16. The van der Waals surface area contributed by atoms with Crippen molar-refractivity contribution in [3.05, 3.63) is 29.6 Å². The summed E-state index contributed by atoms with van der Waals surface area (Å²) in [6, 6.07) is 4.75. The van der Waals surface area contributed by atoms with Crippen molar-refractivity contribution in [2.75, 3.05) is 7.11 Å². The molecule has 0 heterocycles. The van der Waals surface area contributed by atoms with Crippen LogP contribution in [0.2, 0.25) is 0 Å². The van der Waals surface area contributed by atoms with E-state index in [-0.39, 0.29) is 5.75 Å². The van der Waals surface area contributed by atoms with Gasteiger partial charge in [-0.15, -0.1) is 0 Å². The molecule has 1 unspecified atom stereocenters. The van der Waals surface area contributed by atoms with E-state index in [9.17, 15) is 9.50 Å². The van der Waals surface area contributed by atoms with Gasteiger partial charge in [-0.3, -0.25) is 0 Å². The largest absolute Gasteiger partial charge is 0.494 e. The molecule has 0 radical (unpaired) electrons. The molecule has 0 amide bonds. The number of ether oxygens (including phenoxy) is 1. The molecular formula is C10H13FO2. The van der Waals surface area contributed by atoms with Gasteiger partial charge in [0.15, 0.2) is 11.6 Å². The molecule has 0 spiro atoms. The Labute approximate surface area is 77.0 Å². The average Bonchev–Trinajstić information content (AvgIpc) is 2.17. The first-order valence-electron chi connectivity index (χ1n) is 4.21. The highest BCUT2D eigenvalue weighted by Crippen LogP contribution is 2.26. The summed E-state index contributed by atoms with van der Waals surface area (Å²) in [5.74, 6) is -0.302. The fourth-order valence-corrected chi connectivity index (χ4v) is 1.16. The number of aliphatic hydroxyl groups excluding tert-OH is 1. The van der Waals surface area contributed by atoms with E-state index in [0.717, 1.165) is 0 Å². The molecule has 1 aromatic rings. The van der Waals surface area contributed by atoms with Gasteiger partial charge in [-0.1, -0.05) is 19.1 Å². The first-order valence-corrected chi connectivity index (χ1v) is 4.21. The summed E-state index contributed by atoms with van der Waals surface area (Å²) >= 11 is 0. The van der Waals surface area contributed by atoms with Crippen LogP contribution in [0, 0.1) is 5.82 Å². The molecule has 13 heavy (non-hydrogen) atoms. The summed E-state index contributed by atoms with van der Waals surface area (Å²) < 4.78 is 18.2. The fraction of sp³-hybridized carbons (Fsp3) is 0.400. The third-order valence-corrected chi connectivity index (χ3v) is 1.96. The smallest absolute Gasteiger partial charge is 0.170 e. The Morgan fingerprint density at radius 2 is 2.23 bits per heavy atom. The van der Waals surface area contributed by atoms with Crippen LogP contribution in [0.1, 0.15) is 25.0 Å². The lowest BCUT2D eigenvalue weighted by molar-refractivity contribution is 0.168. The van der Waals surface area contributed by atoms with Gasteiger partial charge in [0.05, 0.1) is 13.2 Å². The van der Waals surface area contributed by atoms with Crippen LogP contribution in [0.4, 0.5) is 4.39 Å². The Hall–Kier alpha value is -1.09. The van der Waals surface area contributed by atoms with Crippen molar-refractivity contribution < 1.29 is 14.2 Å². The third-order valence-electron chi connectivity index (χ3n) is 1.96. The SMILES string of the molecule is CCC(O)c1cccc(OC)c1F. The Kier molecular flexibility index (Phi) is 3.25. The van der Waals surface area contributed by atoms with Crippen LogP contribution >= 0.6 is 0 Å². The van der Waals surface area contributed by atoms with Gasteiger partial charge in [0.25, 0.3) is 0 Å². The molecule has 72 valence electrons. The number of benzene rings is 1. The van der Waals surface area contributed by atoms with Crippen molar-refractivity contribution in [2.45, 2.75) is 19.4 Å². The standard InChI is InChI=1S/C10H13FO2/c1-3-8(12)7-5-4-6-9(13-2)10(7)11/h4-6,8,12H,3H2,1-2H3. The molecule has 0 saturated carbocycles. The molecule has 1 atom stereocenters. The van der Waals surface area contributed by atoms with E-state index in [0.29, 0.717) is 12.0 Å². The Bertz CT molecular complexity index is 286. The molecule has 2 nitrogen and oxygen atoms in total. The topological polar surface area (TPSA) is 29.5 Å². The summed E-state index contributed by atoms with van der Waals surface area (Å²) in [6.07, 6.45) is -0.264. The van der Waals surface area contributed by atoms with Crippen molar-refractivity contribution in [1.82, 2.24) is 0 Å². The molecule has 0 fully saturated rings. The second kappa shape index (κ2) is 4.23. The minimum atomic E-state index is -0.755. The lowest BCUT2D eigenvalue weighted by atomic mass is 10.1. The summed E-state index contributed by atoms with van der Waals surface area (Å²) in [7, 11) is 1.40. The second-order valence-electron chi connectivity index (χ2n) is 2.79. The molecule has 1 rings (SSSR count). The average molecular weight is 184 g/mol. The molecular weight excluding hydrogens is 171 g/mol. The van der Waals surface area contributed by atoms with E-state index in [1.165, 1.54) is 13.2 Å². The predicted molar refractivity (Wildman–Crippen MR) is 48.2 cm³/mol. The molecule has 0 bridgehead atoms. The molecule has 3 heteroatoms. The molecule has 0 aliphatic rings. The summed E-state index contributed by atoms with van der Waals surface area (Å²) in [4.78, 5) is 0. The monoisotopic (exact) mass is 184 g/mol. The van der Waals surface area contributed by atoms with Crippen molar-refractivity contribution >= 4 is 0 Å². The van der Waals surface area contributed by atoms with Crippen LogP contribution < -0.4 is 4.74 Å². The molecule has 0 aliphatic heterocycles. The van der Waals surface area contributed by atoms with Crippen LogP contribution in [0.5, 0.6) is 5.75 Å². The molecule has 1 aromatic carbocycles. The van der Waals surface area contributed by atoms with Crippen molar-refractivity contribution in [3.63, 3.8) is 0 Å². The second-order valence-corrected chi connectivity index (χ2v) is 2.79. The molecule has 1 N–H and O–H groups in total. The van der Waals surface area contributed by atoms with E-state index < -0.39 is 11.9 Å². The van der Waals surface area contributed by atoms with Crippen LogP contribution in [0.25, 0.3) is 0 Å². The minimum absolute atomic E-state index is 0.171. The van der Waals surface area contributed by atoms with E-state index in [1.54, 1.807) is 19.1 Å². The molecule has 0 aromatic heterocycles. The zero-order chi connectivity index (χ0) is 9.84. The van der Waals surface area contributed by atoms with Gasteiger partial charge in [0, 0.05) is 5.56 Å². The number of hydrogen-bond donors (Lipinski definition) is 1. The van der Waals surface area contributed by atoms with Gasteiger partial charge in [0.1, 0.15) is 0 Å². The highest BCUT2D eigenvalue weighted by Gasteiger charge is 2.13. The third kappa shape index (κ3) is 1.98. The Morgan fingerprint density at radius 1 is 1.54 bits per heavy atom. The van der Waals surface area contributed by atoms with Gasteiger partial charge in [0.2, 0.25) is 0 Å². The highest BCUT2D eigenvalue weighted by atomic mass is 19.1. The van der Waals surface area contributed by atoms with Crippen LogP contribution in [0.3, 0.4) is 0 Å². The van der Waals surface area contributed by atoms with Gasteiger partial charge in [-0.05, 0) is 12.5 Å². The maximum absolute atomic E-state index is 13.4. The van der Waals surface area contributed by atoms with E-state index in [1.807, 2.05) is 0 Å². The van der Waals surface area contributed by atoms with Gasteiger partial charge < -0.3 is 9.84 Å². The van der Waals surface area contributed by atoms with Crippen molar-refractivity contribution in [2.24, 2.45) is 0 Å². The zero-order valence-electron chi connectivity index (χ0n) is 7.75. The van der Waals surface area contributed by atoms with Gasteiger partial charge in [-0.25, -0.2) is 4.39 Å². The van der Waals surface area contributed by atoms with E-state index >= 15 is 0 Å². The highest BCUT2D eigenvalue weighted by molar-refractivity contribution is 5.32. The predicted octanol–water partition coefficient (Wildman–Crippen LogP) is 2.28. The summed E-state index contributed by atoms with van der Waals surface area (Å²) in [5, 5.41) is 9.43. The number of methoxy groups -OCH3 is 1. The van der Waals surface area contributed by atoms with Crippen molar-refractivity contribution in [3.8, 4) is 5.75 Å². The first-order chi connectivity index (χ1) is 6.20. The Balaban J connectivity index is 3.08.